The van der Waals surface area contributed by atoms with Gasteiger partial charge in [-0.15, -0.1) is 0 Å². The van der Waals surface area contributed by atoms with Crippen LogP contribution in [0.3, 0.4) is 0 Å². The molecule has 0 saturated carbocycles. The quantitative estimate of drug-likeness (QED) is 0.658. The molecule has 0 aliphatic carbocycles. The van der Waals surface area contributed by atoms with E-state index in [-0.39, 0.29) is 30.6 Å². The first-order chi connectivity index (χ1) is 13.6. The van der Waals surface area contributed by atoms with Gasteiger partial charge < -0.3 is 15.4 Å². The van der Waals surface area contributed by atoms with Gasteiger partial charge in [-0.3, -0.25) is 9.59 Å². The summed E-state index contributed by atoms with van der Waals surface area (Å²) in [5.74, 6) is -0.848. The molecule has 0 spiro atoms. The lowest BCUT2D eigenvalue weighted by atomic mass is 10.2. The standard InChI is InChI=1S/C22H19FN2O3/c23-19-12-6-4-8-16(19)14-24-21(26)15-28-20-13-7-5-11-18(20)22(27)25-17-9-2-1-3-10-17/h1-13H,14-15H2,(H,24,26)(H,25,27). The monoisotopic (exact) mass is 378 g/mol. The Kier molecular flexibility index (Phi) is 6.36. The van der Waals surface area contributed by atoms with E-state index in [0.717, 1.165) is 0 Å². The zero-order chi connectivity index (χ0) is 19.8. The molecule has 3 aromatic carbocycles. The average Bonchev–Trinajstić information content (AvgIpc) is 2.72. The van der Waals surface area contributed by atoms with Gasteiger partial charge in [0, 0.05) is 17.8 Å². The Morgan fingerprint density at radius 1 is 0.857 bits per heavy atom. The highest BCUT2D eigenvalue weighted by Gasteiger charge is 2.13. The summed E-state index contributed by atoms with van der Waals surface area (Å²) in [4.78, 5) is 24.5. The van der Waals surface area contributed by atoms with Crippen LogP contribution >= 0.6 is 0 Å². The molecule has 0 saturated heterocycles. The third-order valence-electron chi connectivity index (χ3n) is 3.96. The van der Waals surface area contributed by atoms with E-state index in [9.17, 15) is 14.0 Å². The molecule has 6 heteroatoms. The lowest BCUT2D eigenvalue weighted by Gasteiger charge is -2.12. The first kappa shape index (κ1) is 19.1. The fourth-order valence-electron chi connectivity index (χ4n) is 2.53. The second kappa shape index (κ2) is 9.32. The summed E-state index contributed by atoms with van der Waals surface area (Å²) in [6, 6.07) is 21.9. The molecule has 2 N–H and O–H groups in total. The van der Waals surface area contributed by atoms with Crippen LogP contribution in [0.1, 0.15) is 15.9 Å². The van der Waals surface area contributed by atoms with Gasteiger partial charge in [0.15, 0.2) is 6.61 Å². The van der Waals surface area contributed by atoms with Crippen molar-refractivity contribution < 1.29 is 18.7 Å². The average molecular weight is 378 g/mol. The minimum atomic E-state index is -0.415. The largest absolute Gasteiger partial charge is 0.483 e. The van der Waals surface area contributed by atoms with Gasteiger partial charge in [-0.1, -0.05) is 48.5 Å². The van der Waals surface area contributed by atoms with Crippen molar-refractivity contribution in [3.63, 3.8) is 0 Å². The van der Waals surface area contributed by atoms with Crippen molar-refractivity contribution in [1.29, 1.82) is 0 Å². The summed E-state index contributed by atoms with van der Waals surface area (Å²) in [5, 5.41) is 5.37. The molecular formula is C22H19FN2O3. The molecule has 0 atom stereocenters. The predicted octanol–water partition coefficient (Wildman–Crippen LogP) is 3.77. The summed E-state index contributed by atoms with van der Waals surface area (Å²) >= 11 is 0. The first-order valence-electron chi connectivity index (χ1n) is 8.72. The summed E-state index contributed by atoms with van der Waals surface area (Å²) < 4.78 is 19.1. The van der Waals surface area contributed by atoms with Crippen LogP contribution in [-0.4, -0.2) is 18.4 Å². The van der Waals surface area contributed by atoms with Crippen LogP contribution in [0.2, 0.25) is 0 Å². The third kappa shape index (κ3) is 5.17. The molecule has 3 rings (SSSR count). The van der Waals surface area contributed by atoms with Gasteiger partial charge in [-0.25, -0.2) is 4.39 Å². The van der Waals surface area contributed by atoms with Crippen molar-refractivity contribution in [3.8, 4) is 5.75 Å². The lowest BCUT2D eigenvalue weighted by Crippen LogP contribution is -2.29. The molecule has 28 heavy (non-hydrogen) atoms. The molecule has 5 nitrogen and oxygen atoms in total. The Morgan fingerprint density at radius 2 is 1.54 bits per heavy atom. The highest BCUT2D eigenvalue weighted by Crippen LogP contribution is 2.19. The molecule has 142 valence electrons. The van der Waals surface area contributed by atoms with Gasteiger partial charge in [0.05, 0.1) is 5.56 Å². The van der Waals surface area contributed by atoms with Gasteiger partial charge in [-0.05, 0) is 30.3 Å². The number of hydrogen-bond donors (Lipinski definition) is 2. The second-order valence-corrected chi connectivity index (χ2v) is 5.97. The van der Waals surface area contributed by atoms with Crippen LogP contribution in [0.4, 0.5) is 10.1 Å². The zero-order valence-corrected chi connectivity index (χ0v) is 15.0. The van der Waals surface area contributed by atoms with E-state index in [0.29, 0.717) is 16.8 Å². The predicted molar refractivity (Wildman–Crippen MR) is 105 cm³/mol. The minimum absolute atomic E-state index is 0.0605. The van der Waals surface area contributed by atoms with Crippen LogP contribution in [0, 0.1) is 5.82 Å². The van der Waals surface area contributed by atoms with Crippen molar-refractivity contribution in [2.45, 2.75) is 6.54 Å². The van der Waals surface area contributed by atoms with Crippen molar-refractivity contribution >= 4 is 17.5 Å². The van der Waals surface area contributed by atoms with Crippen molar-refractivity contribution in [3.05, 3.63) is 95.8 Å². The zero-order valence-electron chi connectivity index (χ0n) is 15.0. The highest BCUT2D eigenvalue weighted by atomic mass is 19.1. The number of benzene rings is 3. The lowest BCUT2D eigenvalue weighted by molar-refractivity contribution is -0.123. The van der Waals surface area contributed by atoms with Crippen molar-refractivity contribution in [2.75, 3.05) is 11.9 Å². The Morgan fingerprint density at radius 3 is 2.32 bits per heavy atom. The van der Waals surface area contributed by atoms with Crippen LogP contribution in [-0.2, 0) is 11.3 Å². The fourth-order valence-corrected chi connectivity index (χ4v) is 2.53. The fraction of sp³-hybridized carbons (Fsp3) is 0.0909. The molecule has 0 fully saturated rings. The number of anilines is 1. The minimum Gasteiger partial charge on any atom is -0.483 e. The second-order valence-electron chi connectivity index (χ2n) is 5.97. The number of halogens is 1. The first-order valence-corrected chi connectivity index (χ1v) is 8.72. The number of nitrogens with one attached hydrogen (secondary N) is 2. The van der Waals surface area contributed by atoms with E-state index in [1.807, 2.05) is 18.2 Å². The van der Waals surface area contributed by atoms with Gasteiger partial charge in [0.2, 0.25) is 0 Å². The van der Waals surface area contributed by atoms with Crippen LogP contribution in [0.15, 0.2) is 78.9 Å². The number of carbonyl (C=O) groups excluding carboxylic acids is 2. The Balaban J connectivity index is 1.58. The normalized spacial score (nSPS) is 10.2. The van der Waals surface area contributed by atoms with E-state index in [4.69, 9.17) is 4.74 Å². The van der Waals surface area contributed by atoms with Crippen molar-refractivity contribution in [1.82, 2.24) is 5.32 Å². The number of amides is 2. The molecule has 0 bridgehead atoms. The maximum Gasteiger partial charge on any atom is 0.259 e. The van der Waals surface area contributed by atoms with Gasteiger partial charge in [-0.2, -0.15) is 0 Å². The SMILES string of the molecule is O=C(COc1ccccc1C(=O)Nc1ccccc1)NCc1ccccc1F. The Hall–Kier alpha value is -3.67. The maximum absolute atomic E-state index is 13.6. The van der Waals surface area contributed by atoms with Crippen LogP contribution < -0.4 is 15.4 Å². The van der Waals surface area contributed by atoms with Crippen molar-refractivity contribution in [2.24, 2.45) is 0 Å². The maximum atomic E-state index is 13.6. The topological polar surface area (TPSA) is 67.4 Å². The Bertz CT molecular complexity index is 961. The van der Waals surface area contributed by atoms with Crippen LogP contribution in [0.25, 0.3) is 0 Å². The molecule has 0 aliphatic heterocycles. The van der Waals surface area contributed by atoms with E-state index in [1.54, 1.807) is 54.6 Å². The molecular weight excluding hydrogens is 359 g/mol. The van der Waals surface area contributed by atoms with E-state index >= 15 is 0 Å². The van der Waals surface area contributed by atoms with Gasteiger partial charge >= 0.3 is 0 Å². The molecule has 0 unspecified atom stereocenters. The third-order valence-corrected chi connectivity index (χ3v) is 3.96. The number of ether oxygens (including phenoxy) is 1. The van der Waals surface area contributed by atoms with E-state index < -0.39 is 5.91 Å². The highest BCUT2D eigenvalue weighted by molar-refractivity contribution is 6.06. The van der Waals surface area contributed by atoms with Gasteiger partial charge in [0.25, 0.3) is 11.8 Å². The number of carbonyl (C=O) groups is 2. The van der Waals surface area contributed by atoms with Gasteiger partial charge in [0.1, 0.15) is 11.6 Å². The summed E-state index contributed by atoms with van der Waals surface area (Å²) in [5.41, 5.74) is 1.36. The summed E-state index contributed by atoms with van der Waals surface area (Å²) in [7, 11) is 0. The Labute approximate surface area is 162 Å². The molecule has 0 aromatic heterocycles. The summed E-state index contributed by atoms with van der Waals surface area (Å²) in [6.07, 6.45) is 0. The van der Waals surface area contributed by atoms with E-state index in [2.05, 4.69) is 10.6 Å². The molecule has 2 amide bonds. The molecule has 0 aliphatic rings. The van der Waals surface area contributed by atoms with E-state index in [1.165, 1.54) is 6.07 Å². The molecule has 0 heterocycles. The molecule has 3 aromatic rings. The summed E-state index contributed by atoms with van der Waals surface area (Å²) in [6.45, 7) is -0.227. The number of para-hydroxylation sites is 2. The smallest absolute Gasteiger partial charge is 0.259 e. The number of hydrogen-bond acceptors (Lipinski definition) is 3. The molecule has 0 radical (unpaired) electrons. The van der Waals surface area contributed by atoms with Crippen LogP contribution in [0.5, 0.6) is 5.75 Å². The number of rotatable bonds is 7.